The molecule has 0 saturated carbocycles. The Kier molecular flexibility index (Phi) is 3.53. The molecule has 1 aliphatic rings. The van der Waals surface area contributed by atoms with Crippen molar-refractivity contribution < 1.29 is 14.6 Å². The molecule has 2 aromatic carbocycles. The Hall–Kier alpha value is -2.40. The van der Waals surface area contributed by atoms with E-state index in [9.17, 15) is 9.90 Å². The third-order valence-electron chi connectivity index (χ3n) is 4.47. The summed E-state index contributed by atoms with van der Waals surface area (Å²) in [5, 5.41) is 10.5. The summed E-state index contributed by atoms with van der Waals surface area (Å²) in [4.78, 5) is 16.7. The van der Waals surface area contributed by atoms with Crippen molar-refractivity contribution in [2.45, 2.75) is 12.8 Å². The number of benzene rings is 2. The molecule has 0 aliphatic heterocycles. The van der Waals surface area contributed by atoms with E-state index in [2.05, 4.69) is 15.9 Å². The third kappa shape index (κ3) is 2.27. The van der Waals surface area contributed by atoms with Crippen LogP contribution in [0.2, 0.25) is 0 Å². The van der Waals surface area contributed by atoms with Gasteiger partial charge >= 0.3 is 5.97 Å². The molecule has 0 amide bonds. The number of fused-ring (bicyclic) bond motifs is 4. The molecule has 4 rings (SSSR count). The number of hydrogen-bond acceptors (Lipinski definition) is 3. The van der Waals surface area contributed by atoms with Crippen molar-refractivity contribution in [2.24, 2.45) is 0 Å². The van der Waals surface area contributed by atoms with Gasteiger partial charge in [-0.05, 0) is 60.4 Å². The zero-order chi connectivity index (χ0) is 16.8. The highest BCUT2D eigenvalue weighted by atomic mass is 79.9. The van der Waals surface area contributed by atoms with Gasteiger partial charge in [-0.15, -0.1) is 0 Å². The van der Waals surface area contributed by atoms with Gasteiger partial charge in [0.15, 0.2) is 0 Å². The number of nitrogens with zero attached hydrogens (tertiary/aromatic N) is 1. The van der Waals surface area contributed by atoms with E-state index in [4.69, 9.17) is 9.72 Å². The lowest BCUT2D eigenvalue weighted by molar-refractivity contribution is 0.0698. The fraction of sp³-hybridized carbons (Fsp3) is 0.158. The first kappa shape index (κ1) is 15.1. The second kappa shape index (κ2) is 5.60. The first-order chi connectivity index (χ1) is 11.6. The molecule has 0 radical (unpaired) electrons. The number of carboxylic acids is 1. The summed E-state index contributed by atoms with van der Waals surface area (Å²) in [7, 11) is 1.64. The Balaban J connectivity index is 2.06. The fourth-order valence-corrected chi connectivity index (χ4v) is 3.74. The van der Waals surface area contributed by atoms with Crippen LogP contribution in [0.25, 0.3) is 22.2 Å². The Morgan fingerprint density at radius 3 is 2.79 bits per heavy atom. The number of pyridine rings is 1. The van der Waals surface area contributed by atoms with Gasteiger partial charge in [0.1, 0.15) is 5.75 Å². The van der Waals surface area contributed by atoms with Gasteiger partial charge in [0, 0.05) is 15.4 Å². The largest absolute Gasteiger partial charge is 0.497 e. The van der Waals surface area contributed by atoms with E-state index in [0.29, 0.717) is 22.9 Å². The predicted molar refractivity (Wildman–Crippen MR) is 95.8 cm³/mol. The normalized spacial score (nSPS) is 12.6. The molecule has 1 N–H and O–H groups in total. The van der Waals surface area contributed by atoms with Crippen LogP contribution < -0.4 is 4.74 Å². The Morgan fingerprint density at radius 2 is 2.04 bits per heavy atom. The van der Waals surface area contributed by atoms with Gasteiger partial charge in [0.25, 0.3) is 0 Å². The number of halogens is 1. The van der Waals surface area contributed by atoms with Crippen LogP contribution in [0, 0.1) is 0 Å². The number of carbonyl (C=O) groups is 1. The monoisotopic (exact) mass is 383 g/mol. The number of methoxy groups -OCH3 is 1. The maximum atomic E-state index is 11.9. The standard InChI is InChI=1S/C19H14BrNO3/c1-24-12-4-6-13-10(8-12)2-5-14-17(19(22)23)15-9-11(20)3-7-16(15)21-18(13)14/h3-4,6-9H,2,5H2,1H3,(H,22,23). The molecule has 0 unspecified atom stereocenters. The van der Waals surface area contributed by atoms with Gasteiger partial charge in [-0.3, -0.25) is 0 Å². The van der Waals surface area contributed by atoms with Gasteiger partial charge in [-0.2, -0.15) is 0 Å². The number of rotatable bonds is 2. The maximum Gasteiger partial charge on any atom is 0.336 e. The first-order valence-corrected chi connectivity index (χ1v) is 8.40. The van der Waals surface area contributed by atoms with Crippen LogP contribution in [0.3, 0.4) is 0 Å². The molecule has 0 atom stereocenters. The van der Waals surface area contributed by atoms with Crippen LogP contribution in [0.1, 0.15) is 21.5 Å². The van der Waals surface area contributed by atoms with E-state index in [1.165, 1.54) is 0 Å². The zero-order valence-electron chi connectivity index (χ0n) is 13.0. The summed E-state index contributed by atoms with van der Waals surface area (Å²) in [5.74, 6) is -0.103. The summed E-state index contributed by atoms with van der Waals surface area (Å²) in [6.07, 6.45) is 1.44. The number of aromatic nitrogens is 1. The topological polar surface area (TPSA) is 59.4 Å². The third-order valence-corrected chi connectivity index (χ3v) is 4.97. The van der Waals surface area contributed by atoms with E-state index in [-0.39, 0.29) is 0 Å². The molecule has 0 spiro atoms. The van der Waals surface area contributed by atoms with E-state index in [0.717, 1.165) is 39.0 Å². The Bertz CT molecular complexity index is 998. The zero-order valence-corrected chi connectivity index (χ0v) is 14.6. The minimum absolute atomic E-state index is 0.359. The SMILES string of the molecule is COc1ccc2c(c1)CCc1c-2nc2ccc(Br)cc2c1C(=O)O. The van der Waals surface area contributed by atoms with Crippen molar-refractivity contribution in [1.82, 2.24) is 4.98 Å². The molecule has 5 heteroatoms. The van der Waals surface area contributed by atoms with E-state index < -0.39 is 5.97 Å². The lowest BCUT2D eigenvalue weighted by atomic mass is 9.85. The summed E-state index contributed by atoms with van der Waals surface area (Å²) in [6.45, 7) is 0. The lowest BCUT2D eigenvalue weighted by Gasteiger charge is -2.22. The molecule has 0 bridgehead atoms. The molecule has 1 heterocycles. The summed E-state index contributed by atoms with van der Waals surface area (Å²) in [6, 6.07) is 11.4. The maximum absolute atomic E-state index is 11.9. The van der Waals surface area contributed by atoms with Crippen LogP contribution in [-0.4, -0.2) is 23.2 Å². The predicted octanol–water partition coefficient (Wildman–Crippen LogP) is 4.47. The van der Waals surface area contributed by atoms with Crippen molar-refractivity contribution >= 4 is 32.8 Å². The van der Waals surface area contributed by atoms with Crippen molar-refractivity contribution in [3.8, 4) is 17.0 Å². The van der Waals surface area contributed by atoms with Crippen molar-refractivity contribution in [2.75, 3.05) is 7.11 Å². The van der Waals surface area contributed by atoms with E-state index in [1.807, 2.05) is 36.4 Å². The van der Waals surface area contributed by atoms with Crippen LogP contribution in [0.15, 0.2) is 40.9 Å². The molecule has 4 nitrogen and oxygen atoms in total. The highest BCUT2D eigenvalue weighted by molar-refractivity contribution is 9.10. The average Bonchev–Trinajstić information content (AvgIpc) is 2.58. The number of hydrogen-bond donors (Lipinski definition) is 1. The van der Waals surface area contributed by atoms with Gasteiger partial charge in [-0.1, -0.05) is 15.9 Å². The smallest absolute Gasteiger partial charge is 0.336 e. The number of ether oxygens (including phenoxy) is 1. The second-order valence-electron chi connectivity index (χ2n) is 5.80. The number of carboxylic acid groups (broad SMARTS) is 1. The van der Waals surface area contributed by atoms with Gasteiger partial charge in [-0.25, -0.2) is 9.78 Å². The molecular formula is C19H14BrNO3. The Labute approximate surface area is 147 Å². The summed E-state index contributed by atoms with van der Waals surface area (Å²) >= 11 is 3.42. The van der Waals surface area contributed by atoms with Crippen LogP contribution >= 0.6 is 15.9 Å². The van der Waals surface area contributed by atoms with Gasteiger partial charge in [0.05, 0.1) is 23.9 Å². The quantitative estimate of drug-likeness (QED) is 0.708. The van der Waals surface area contributed by atoms with Gasteiger partial charge < -0.3 is 9.84 Å². The molecule has 120 valence electrons. The van der Waals surface area contributed by atoms with E-state index in [1.54, 1.807) is 7.11 Å². The van der Waals surface area contributed by atoms with Crippen molar-refractivity contribution in [3.63, 3.8) is 0 Å². The highest BCUT2D eigenvalue weighted by Crippen LogP contribution is 2.38. The fourth-order valence-electron chi connectivity index (χ4n) is 3.38. The summed E-state index contributed by atoms with van der Waals surface area (Å²) < 4.78 is 6.14. The molecule has 1 aromatic heterocycles. The van der Waals surface area contributed by atoms with Crippen molar-refractivity contribution in [3.05, 3.63) is 57.6 Å². The molecule has 3 aromatic rings. The molecule has 1 aliphatic carbocycles. The molecule has 0 fully saturated rings. The van der Waals surface area contributed by atoms with Crippen LogP contribution in [0.4, 0.5) is 0 Å². The highest BCUT2D eigenvalue weighted by Gasteiger charge is 2.25. The van der Waals surface area contributed by atoms with Crippen molar-refractivity contribution in [1.29, 1.82) is 0 Å². The number of aryl methyl sites for hydroxylation is 1. The lowest BCUT2D eigenvalue weighted by Crippen LogP contribution is -2.13. The first-order valence-electron chi connectivity index (χ1n) is 7.61. The Morgan fingerprint density at radius 1 is 1.21 bits per heavy atom. The second-order valence-corrected chi connectivity index (χ2v) is 6.72. The average molecular weight is 384 g/mol. The van der Waals surface area contributed by atoms with Gasteiger partial charge in [0.2, 0.25) is 0 Å². The molecule has 0 saturated heterocycles. The minimum atomic E-state index is -0.909. The summed E-state index contributed by atoms with van der Waals surface area (Å²) in [5.41, 5.74) is 4.76. The molecule has 24 heavy (non-hydrogen) atoms. The number of aromatic carboxylic acids is 1. The van der Waals surface area contributed by atoms with E-state index >= 15 is 0 Å². The van der Waals surface area contributed by atoms with Crippen LogP contribution in [-0.2, 0) is 12.8 Å². The minimum Gasteiger partial charge on any atom is -0.497 e. The van der Waals surface area contributed by atoms with Crippen LogP contribution in [0.5, 0.6) is 5.75 Å². The molecular weight excluding hydrogens is 370 g/mol.